The summed E-state index contributed by atoms with van der Waals surface area (Å²) in [5.41, 5.74) is 3.69. The number of rotatable bonds is 6. The van der Waals surface area contributed by atoms with E-state index in [4.69, 9.17) is 0 Å². The van der Waals surface area contributed by atoms with Gasteiger partial charge in [0.25, 0.3) is 5.91 Å². The molecule has 8 nitrogen and oxygen atoms in total. The number of phenols is 1. The van der Waals surface area contributed by atoms with Crippen LogP contribution in [0, 0.1) is 0 Å². The molecule has 4 aromatic rings. The lowest BCUT2D eigenvalue weighted by Gasteiger charge is -2.25. The van der Waals surface area contributed by atoms with E-state index in [9.17, 15) is 14.7 Å². The summed E-state index contributed by atoms with van der Waals surface area (Å²) in [7, 11) is 0. The second-order valence-corrected chi connectivity index (χ2v) is 8.57. The van der Waals surface area contributed by atoms with Crippen molar-refractivity contribution < 1.29 is 14.7 Å². The molecule has 0 saturated heterocycles. The molecule has 0 unspecified atom stereocenters. The van der Waals surface area contributed by atoms with Crippen molar-refractivity contribution in [3.63, 3.8) is 0 Å². The van der Waals surface area contributed by atoms with Gasteiger partial charge in [-0.3, -0.25) is 9.78 Å². The third-order valence-corrected chi connectivity index (χ3v) is 6.19. The van der Waals surface area contributed by atoms with E-state index in [1.807, 2.05) is 36.4 Å². The first kappa shape index (κ1) is 22.3. The van der Waals surface area contributed by atoms with Crippen LogP contribution in [0.3, 0.4) is 0 Å². The normalized spacial score (nSPS) is 13.1. The maximum absolute atomic E-state index is 13.0. The molecule has 1 fully saturated rings. The molecular formula is C27H25N5O3. The molecule has 5 rings (SSSR count). The minimum absolute atomic E-state index is 0.0384. The van der Waals surface area contributed by atoms with E-state index in [2.05, 4.69) is 20.7 Å². The third kappa shape index (κ3) is 4.91. The number of carbonyl (C=O) groups is 2. The molecular weight excluding hydrogens is 442 g/mol. The number of benzene rings is 2. The lowest BCUT2D eigenvalue weighted by atomic mass is 9.82. The summed E-state index contributed by atoms with van der Waals surface area (Å²) in [5, 5.41) is 20.9. The Morgan fingerprint density at radius 2 is 1.86 bits per heavy atom. The number of nitrogens with zero attached hydrogens (tertiary/aromatic N) is 3. The smallest absolute Gasteiger partial charge is 0.342 e. The van der Waals surface area contributed by atoms with Gasteiger partial charge in [-0.15, -0.1) is 0 Å². The van der Waals surface area contributed by atoms with Crippen LogP contribution in [0.5, 0.6) is 5.75 Å². The van der Waals surface area contributed by atoms with Crippen molar-refractivity contribution >= 4 is 17.6 Å². The van der Waals surface area contributed by atoms with E-state index in [0.717, 1.165) is 30.5 Å². The zero-order valence-electron chi connectivity index (χ0n) is 19.0. The topological polar surface area (TPSA) is 109 Å². The molecule has 2 aromatic heterocycles. The fourth-order valence-electron chi connectivity index (χ4n) is 4.06. The minimum Gasteiger partial charge on any atom is -0.507 e. The SMILES string of the molecule is O=C(Nc1ccc(-c2cc(C3CCC3)n(C(=O)NCc3ccccc3)n2)c(O)c1)c1cccnc1. The average molecular weight is 468 g/mol. The lowest BCUT2D eigenvalue weighted by Crippen LogP contribution is -2.31. The lowest BCUT2D eigenvalue weighted by molar-refractivity contribution is 0.102. The quantitative estimate of drug-likeness (QED) is 0.373. The van der Waals surface area contributed by atoms with Crippen LogP contribution in [-0.2, 0) is 6.54 Å². The first-order valence-corrected chi connectivity index (χ1v) is 11.6. The van der Waals surface area contributed by atoms with E-state index < -0.39 is 0 Å². The van der Waals surface area contributed by atoms with Crippen LogP contribution in [-0.4, -0.2) is 31.8 Å². The monoisotopic (exact) mass is 467 g/mol. The average Bonchev–Trinajstić information content (AvgIpc) is 3.27. The molecule has 0 radical (unpaired) electrons. The molecule has 2 aromatic carbocycles. The van der Waals surface area contributed by atoms with Gasteiger partial charge in [0.2, 0.25) is 0 Å². The maximum atomic E-state index is 13.0. The van der Waals surface area contributed by atoms with Crippen LogP contribution < -0.4 is 10.6 Å². The fraction of sp³-hybridized carbons (Fsp3) is 0.185. The number of anilines is 1. The Hall–Kier alpha value is -4.46. The first-order chi connectivity index (χ1) is 17.1. The number of phenolic OH excluding ortho intramolecular Hbond substituents is 1. The van der Waals surface area contributed by atoms with Gasteiger partial charge < -0.3 is 15.7 Å². The molecule has 8 heteroatoms. The van der Waals surface area contributed by atoms with Crippen molar-refractivity contribution in [3.8, 4) is 17.0 Å². The molecule has 2 amide bonds. The molecule has 1 aliphatic rings. The van der Waals surface area contributed by atoms with E-state index in [1.54, 1.807) is 30.5 Å². The van der Waals surface area contributed by atoms with E-state index >= 15 is 0 Å². The second-order valence-electron chi connectivity index (χ2n) is 8.57. The molecule has 2 heterocycles. The number of pyridine rings is 1. The summed E-state index contributed by atoms with van der Waals surface area (Å²) in [5.74, 6) is -0.0979. The van der Waals surface area contributed by atoms with Crippen molar-refractivity contribution in [1.82, 2.24) is 20.1 Å². The first-order valence-electron chi connectivity index (χ1n) is 11.6. The van der Waals surface area contributed by atoms with Gasteiger partial charge in [-0.25, -0.2) is 4.79 Å². The summed E-state index contributed by atoms with van der Waals surface area (Å²) in [6.45, 7) is 0.398. The molecule has 1 aliphatic carbocycles. The van der Waals surface area contributed by atoms with Gasteiger partial charge in [0.15, 0.2) is 0 Å². The minimum atomic E-state index is -0.322. The summed E-state index contributed by atoms with van der Waals surface area (Å²) >= 11 is 0. The number of amides is 2. The second kappa shape index (κ2) is 9.80. The number of aromatic nitrogens is 3. The van der Waals surface area contributed by atoms with Crippen LogP contribution in [0.2, 0.25) is 0 Å². The summed E-state index contributed by atoms with van der Waals surface area (Å²) < 4.78 is 1.42. The fourth-order valence-corrected chi connectivity index (χ4v) is 4.06. The molecule has 0 bridgehead atoms. The summed E-state index contributed by atoms with van der Waals surface area (Å²) in [6.07, 6.45) is 6.19. The van der Waals surface area contributed by atoms with Crippen molar-refractivity contribution in [2.45, 2.75) is 31.7 Å². The standard InChI is InChI=1S/C27H25N5O3/c33-25-14-21(30-26(34)20-10-5-13-28-17-20)11-12-22(25)23-15-24(19-8-4-9-19)32(31-23)27(35)29-16-18-6-2-1-3-7-18/h1-3,5-7,10-15,17,19,33H,4,8-9,16H2,(H,29,35)(H,30,34). The number of hydrogen-bond acceptors (Lipinski definition) is 5. The largest absolute Gasteiger partial charge is 0.507 e. The molecule has 3 N–H and O–H groups in total. The Kier molecular flexibility index (Phi) is 6.26. The van der Waals surface area contributed by atoms with Crippen LogP contribution in [0.4, 0.5) is 10.5 Å². The van der Waals surface area contributed by atoms with Crippen LogP contribution in [0.25, 0.3) is 11.3 Å². The molecule has 176 valence electrons. The van der Waals surface area contributed by atoms with E-state index in [0.29, 0.717) is 29.1 Å². The summed E-state index contributed by atoms with van der Waals surface area (Å²) in [4.78, 5) is 29.3. The van der Waals surface area contributed by atoms with Gasteiger partial charge in [0, 0.05) is 42.2 Å². The highest BCUT2D eigenvalue weighted by atomic mass is 16.3. The van der Waals surface area contributed by atoms with Crippen LogP contribution in [0.15, 0.2) is 79.1 Å². The van der Waals surface area contributed by atoms with Gasteiger partial charge in [-0.1, -0.05) is 36.8 Å². The molecule has 0 atom stereocenters. The number of aromatic hydroxyl groups is 1. The van der Waals surface area contributed by atoms with Crippen molar-refractivity contribution in [3.05, 3.63) is 95.9 Å². The van der Waals surface area contributed by atoms with E-state index in [-0.39, 0.29) is 23.6 Å². The summed E-state index contributed by atoms with van der Waals surface area (Å²) in [6, 6.07) is 19.5. The van der Waals surface area contributed by atoms with E-state index in [1.165, 1.54) is 16.9 Å². The highest BCUT2D eigenvalue weighted by Gasteiger charge is 2.27. The van der Waals surface area contributed by atoms with Gasteiger partial charge in [0.05, 0.1) is 17.0 Å². The van der Waals surface area contributed by atoms with Crippen LogP contribution >= 0.6 is 0 Å². The van der Waals surface area contributed by atoms with Gasteiger partial charge in [-0.2, -0.15) is 9.78 Å². The maximum Gasteiger partial charge on any atom is 0.342 e. The number of hydrogen-bond donors (Lipinski definition) is 3. The Bertz CT molecular complexity index is 1350. The molecule has 1 saturated carbocycles. The zero-order valence-corrected chi connectivity index (χ0v) is 19.0. The van der Waals surface area contributed by atoms with Gasteiger partial charge in [0.1, 0.15) is 5.75 Å². The highest BCUT2D eigenvalue weighted by Crippen LogP contribution is 2.39. The van der Waals surface area contributed by atoms with Crippen molar-refractivity contribution in [1.29, 1.82) is 0 Å². The Morgan fingerprint density at radius 3 is 2.54 bits per heavy atom. The van der Waals surface area contributed by atoms with Gasteiger partial charge >= 0.3 is 6.03 Å². The molecule has 0 aliphatic heterocycles. The Labute approximate surface area is 202 Å². The van der Waals surface area contributed by atoms with Crippen LogP contribution in [0.1, 0.15) is 46.8 Å². The predicted molar refractivity (Wildman–Crippen MR) is 132 cm³/mol. The molecule has 0 spiro atoms. The Morgan fingerprint density at radius 1 is 1.03 bits per heavy atom. The van der Waals surface area contributed by atoms with Crippen molar-refractivity contribution in [2.75, 3.05) is 5.32 Å². The Balaban J connectivity index is 1.37. The number of carbonyl (C=O) groups excluding carboxylic acids is 2. The highest BCUT2D eigenvalue weighted by molar-refractivity contribution is 6.04. The van der Waals surface area contributed by atoms with Gasteiger partial charge in [-0.05, 0) is 48.7 Å². The predicted octanol–water partition coefficient (Wildman–Crippen LogP) is 4.93. The number of nitrogens with one attached hydrogen (secondary N) is 2. The van der Waals surface area contributed by atoms with Crippen molar-refractivity contribution in [2.24, 2.45) is 0 Å². The molecule has 35 heavy (non-hydrogen) atoms. The third-order valence-electron chi connectivity index (χ3n) is 6.19. The zero-order chi connectivity index (χ0) is 24.2.